The van der Waals surface area contributed by atoms with Gasteiger partial charge >= 0.3 is 5.97 Å². The standard InChI is InChI=1S/C23H27NO5/c1-7-8-17-12-18(13-20(27-5)21(17)28-6)23(26)29-16(4)22(25)24-19-10-9-14(2)11-15(19)3/h7,9-13,16H,1,8H2,2-6H3,(H,24,25). The van der Waals surface area contributed by atoms with Gasteiger partial charge in [-0.15, -0.1) is 6.58 Å². The number of hydrogen-bond donors (Lipinski definition) is 1. The fourth-order valence-electron chi connectivity index (χ4n) is 2.94. The van der Waals surface area contributed by atoms with E-state index < -0.39 is 18.0 Å². The average Bonchev–Trinajstić information content (AvgIpc) is 2.69. The summed E-state index contributed by atoms with van der Waals surface area (Å²) in [6, 6.07) is 8.89. The van der Waals surface area contributed by atoms with Gasteiger partial charge in [0.15, 0.2) is 17.6 Å². The van der Waals surface area contributed by atoms with E-state index in [0.29, 0.717) is 23.6 Å². The summed E-state index contributed by atoms with van der Waals surface area (Å²) in [4.78, 5) is 25.1. The number of aryl methyl sites for hydroxylation is 2. The van der Waals surface area contributed by atoms with Crippen molar-refractivity contribution in [2.24, 2.45) is 0 Å². The van der Waals surface area contributed by atoms with Crippen LogP contribution in [-0.2, 0) is 16.0 Å². The second-order valence-electron chi connectivity index (χ2n) is 6.72. The summed E-state index contributed by atoms with van der Waals surface area (Å²) in [5.74, 6) is -0.0904. The molecule has 0 fully saturated rings. The van der Waals surface area contributed by atoms with Crippen molar-refractivity contribution >= 4 is 17.6 Å². The third-order valence-electron chi connectivity index (χ3n) is 4.45. The Hall–Kier alpha value is -3.28. The predicted molar refractivity (Wildman–Crippen MR) is 113 cm³/mol. The molecule has 2 aromatic carbocycles. The van der Waals surface area contributed by atoms with Crippen LogP contribution >= 0.6 is 0 Å². The number of anilines is 1. The number of ether oxygens (including phenoxy) is 3. The third-order valence-corrected chi connectivity index (χ3v) is 4.45. The van der Waals surface area contributed by atoms with E-state index >= 15 is 0 Å². The fourth-order valence-corrected chi connectivity index (χ4v) is 2.94. The second kappa shape index (κ2) is 9.78. The Morgan fingerprint density at radius 1 is 1.14 bits per heavy atom. The van der Waals surface area contributed by atoms with Gasteiger partial charge < -0.3 is 19.5 Å². The van der Waals surface area contributed by atoms with E-state index in [0.717, 1.165) is 16.7 Å². The topological polar surface area (TPSA) is 73.9 Å². The number of hydrogen-bond acceptors (Lipinski definition) is 5. The first-order valence-corrected chi connectivity index (χ1v) is 9.25. The van der Waals surface area contributed by atoms with Crippen LogP contribution in [0.4, 0.5) is 5.69 Å². The van der Waals surface area contributed by atoms with Crippen molar-refractivity contribution in [2.45, 2.75) is 33.3 Å². The molecule has 1 unspecified atom stereocenters. The van der Waals surface area contributed by atoms with Crippen molar-refractivity contribution in [1.82, 2.24) is 0 Å². The summed E-state index contributed by atoms with van der Waals surface area (Å²) in [6.07, 6.45) is 1.22. The van der Waals surface area contributed by atoms with Gasteiger partial charge in [0, 0.05) is 11.3 Å². The van der Waals surface area contributed by atoms with Crippen LogP contribution in [0.15, 0.2) is 43.0 Å². The highest BCUT2D eigenvalue weighted by atomic mass is 16.5. The Labute approximate surface area is 171 Å². The second-order valence-corrected chi connectivity index (χ2v) is 6.72. The van der Waals surface area contributed by atoms with Crippen LogP contribution in [0.25, 0.3) is 0 Å². The van der Waals surface area contributed by atoms with E-state index in [1.54, 1.807) is 12.1 Å². The van der Waals surface area contributed by atoms with Crippen LogP contribution in [0.3, 0.4) is 0 Å². The Bertz CT molecular complexity index is 920. The van der Waals surface area contributed by atoms with Gasteiger partial charge in [0.25, 0.3) is 5.91 Å². The first-order chi connectivity index (χ1) is 13.8. The van der Waals surface area contributed by atoms with Gasteiger partial charge in [0.2, 0.25) is 0 Å². The van der Waals surface area contributed by atoms with E-state index in [2.05, 4.69) is 11.9 Å². The lowest BCUT2D eigenvalue weighted by molar-refractivity contribution is -0.123. The Kier molecular flexibility index (Phi) is 7.42. The van der Waals surface area contributed by atoms with E-state index in [1.165, 1.54) is 27.2 Å². The molecule has 6 nitrogen and oxygen atoms in total. The molecule has 0 saturated carbocycles. The Morgan fingerprint density at radius 3 is 2.45 bits per heavy atom. The number of carbonyl (C=O) groups excluding carboxylic acids is 2. The molecule has 0 aliphatic heterocycles. The quantitative estimate of drug-likeness (QED) is 0.533. The Balaban J connectivity index is 2.16. The van der Waals surface area contributed by atoms with Crippen molar-refractivity contribution in [3.05, 3.63) is 65.2 Å². The zero-order chi connectivity index (χ0) is 21.6. The number of carbonyl (C=O) groups is 2. The number of benzene rings is 2. The smallest absolute Gasteiger partial charge is 0.339 e. The minimum Gasteiger partial charge on any atom is -0.493 e. The summed E-state index contributed by atoms with van der Waals surface area (Å²) in [6.45, 7) is 9.14. The largest absolute Gasteiger partial charge is 0.493 e. The monoisotopic (exact) mass is 397 g/mol. The number of amides is 1. The van der Waals surface area contributed by atoms with Gasteiger partial charge in [-0.05, 0) is 51.0 Å². The highest BCUT2D eigenvalue weighted by molar-refractivity contribution is 5.98. The Morgan fingerprint density at radius 2 is 1.86 bits per heavy atom. The van der Waals surface area contributed by atoms with Gasteiger partial charge in [-0.3, -0.25) is 4.79 Å². The van der Waals surface area contributed by atoms with Crippen LogP contribution in [0, 0.1) is 13.8 Å². The van der Waals surface area contributed by atoms with Crippen LogP contribution in [0.5, 0.6) is 11.5 Å². The number of allylic oxidation sites excluding steroid dienone is 1. The normalized spacial score (nSPS) is 11.3. The maximum atomic E-state index is 12.6. The zero-order valence-corrected chi connectivity index (χ0v) is 17.5. The van der Waals surface area contributed by atoms with Crippen molar-refractivity contribution < 1.29 is 23.8 Å². The maximum Gasteiger partial charge on any atom is 0.339 e. The summed E-state index contributed by atoms with van der Waals surface area (Å²) in [5, 5.41) is 2.79. The molecule has 0 saturated heterocycles. The van der Waals surface area contributed by atoms with Crippen molar-refractivity contribution in [1.29, 1.82) is 0 Å². The van der Waals surface area contributed by atoms with Crippen LogP contribution in [0.1, 0.15) is 34.0 Å². The number of nitrogens with one attached hydrogen (secondary N) is 1. The van der Waals surface area contributed by atoms with Gasteiger partial charge in [-0.2, -0.15) is 0 Å². The molecule has 1 atom stereocenters. The number of rotatable bonds is 8. The SMILES string of the molecule is C=CCc1cc(C(=O)OC(C)C(=O)Nc2ccc(C)cc2C)cc(OC)c1OC. The molecule has 0 aromatic heterocycles. The molecule has 6 heteroatoms. The highest BCUT2D eigenvalue weighted by Crippen LogP contribution is 2.33. The summed E-state index contributed by atoms with van der Waals surface area (Å²) < 4.78 is 16.1. The molecule has 0 aliphatic rings. The van der Waals surface area contributed by atoms with Gasteiger partial charge in [-0.25, -0.2) is 4.79 Å². The molecule has 2 aromatic rings. The third kappa shape index (κ3) is 5.38. The molecule has 2 rings (SSSR count). The molecule has 0 radical (unpaired) electrons. The zero-order valence-electron chi connectivity index (χ0n) is 17.5. The molecular weight excluding hydrogens is 370 g/mol. The van der Waals surface area contributed by atoms with E-state index in [4.69, 9.17) is 14.2 Å². The van der Waals surface area contributed by atoms with Crippen LogP contribution in [0.2, 0.25) is 0 Å². The first-order valence-electron chi connectivity index (χ1n) is 9.25. The predicted octanol–water partition coefficient (Wildman–Crippen LogP) is 4.23. The molecule has 154 valence electrons. The van der Waals surface area contributed by atoms with Crippen molar-refractivity contribution in [3.8, 4) is 11.5 Å². The molecule has 29 heavy (non-hydrogen) atoms. The lowest BCUT2D eigenvalue weighted by Gasteiger charge is -2.17. The average molecular weight is 397 g/mol. The summed E-state index contributed by atoms with van der Waals surface area (Å²) in [7, 11) is 3.02. The van der Waals surface area contributed by atoms with E-state index in [1.807, 2.05) is 32.0 Å². The van der Waals surface area contributed by atoms with Gasteiger partial charge in [0.1, 0.15) is 0 Å². The molecular formula is C23H27NO5. The van der Waals surface area contributed by atoms with Crippen molar-refractivity contribution in [3.63, 3.8) is 0 Å². The summed E-state index contributed by atoms with van der Waals surface area (Å²) >= 11 is 0. The van der Waals surface area contributed by atoms with Gasteiger partial charge in [-0.1, -0.05) is 23.8 Å². The molecule has 1 N–H and O–H groups in total. The minimum atomic E-state index is -0.973. The highest BCUT2D eigenvalue weighted by Gasteiger charge is 2.22. The summed E-state index contributed by atoms with van der Waals surface area (Å²) in [5.41, 5.74) is 3.73. The van der Waals surface area contributed by atoms with Crippen LogP contribution in [-0.4, -0.2) is 32.2 Å². The van der Waals surface area contributed by atoms with Gasteiger partial charge in [0.05, 0.1) is 19.8 Å². The van der Waals surface area contributed by atoms with Crippen molar-refractivity contribution in [2.75, 3.05) is 19.5 Å². The lowest BCUT2D eigenvalue weighted by Crippen LogP contribution is -2.30. The van der Waals surface area contributed by atoms with E-state index in [-0.39, 0.29) is 5.56 Å². The maximum absolute atomic E-state index is 12.6. The minimum absolute atomic E-state index is 0.269. The first kappa shape index (κ1) is 22.0. The molecule has 0 spiro atoms. The lowest BCUT2D eigenvalue weighted by atomic mass is 10.1. The molecule has 0 heterocycles. The van der Waals surface area contributed by atoms with E-state index in [9.17, 15) is 9.59 Å². The fraction of sp³-hybridized carbons (Fsp3) is 0.304. The van der Waals surface area contributed by atoms with Crippen LogP contribution < -0.4 is 14.8 Å². The molecule has 0 bridgehead atoms. The number of methoxy groups -OCH3 is 2. The number of esters is 1. The molecule has 0 aliphatic carbocycles. The molecule has 1 amide bonds.